The van der Waals surface area contributed by atoms with Crippen molar-refractivity contribution in [2.24, 2.45) is 46.3 Å². The van der Waals surface area contributed by atoms with Crippen LogP contribution in [0, 0.1) is 46.3 Å². The zero-order chi connectivity index (χ0) is 29.2. The van der Waals surface area contributed by atoms with Crippen molar-refractivity contribution in [1.29, 1.82) is 0 Å². The van der Waals surface area contributed by atoms with Gasteiger partial charge in [-0.05, 0) is 119 Å². The monoisotopic (exact) mass is 564 g/mol. The molecular formula is C33H56O7. The van der Waals surface area contributed by atoms with Gasteiger partial charge in [-0.2, -0.15) is 0 Å². The summed E-state index contributed by atoms with van der Waals surface area (Å²) in [5.74, 6) is 1.25. The Bertz CT molecular complexity index is 922. The van der Waals surface area contributed by atoms with Gasteiger partial charge in [0.2, 0.25) is 0 Å². The second-order valence-corrected chi connectivity index (χ2v) is 15.6. The van der Waals surface area contributed by atoms with E-state index in [0.717, 1.165) is 44.9 Å². The number of Topliss-reactive ketones (excluding diaryl/α,β-unsaturated/α-hetero) is 1. The van der Waals surface area contributed by atoms with Crippen LogP contribution in [0.4, 0.5) is 0 Å². The maximum atomic E-state index is 13.5. The normalized spacial score (nSPS) is 49.9. The summed E-state index contributed by atoms with van der Waals surface area (Å²) >= 11 is 0. The fourth-order valence-corrected chi connectivity index (χ4v) is 10.8. The van der Waals surface area contributed by atoms with E-state index in [1.54, 1.807) is 0 Å². The summed E-state index contributed by atoms with van der Waals surface area (Å²) in [6.45, 7) is 13.2. The van der Waals surface area contributed by atoms with Crippen LogP contribution in [0.15, 0.2) is 0 Å². The lowest BCUT2D eigenvalue weighted by atomic mass is 9.44. The Morgan fingerprint density at radius 1 is 0.925 bits per heavy atom. The topological polar surface area (TPSA) is 116 Å². The van der Waals surface area contributed by atoms with E-state index in [2.05, 4.69) is 27.7 Å². The Morgan fingerprint density at radius 3 is 2.35 bits per heavy atom. The van der Waals surface area contributed by atoms with Crippen LogP contribution >= 0.6 is 0 Å². The van der Waals surface area contributed by atoms with Crippen molar-refractivity contribution in [3.8, 4) is 0 Å². The molecule has 0 spiro atoms. The molecule has 5 aliphatic rings. The van der Waals surface area contributed by atoms with Crippen LogP contribution in [-0.2, 0) is 14.3 Å². The highest BCUT2D eigenvalue weighted by Crippen LogP contribution is 2.68. The van der Waals surface area contributed by atoms with Gasteiger partial charge in [-0.15, -0.1) is 0 Å². The van der Waals surface area contributed by atoms with Crippen LogP contribution in [0.5, 0.6) is 0 Å². The van der Waals surface area contributed by atoms with E-state index in [-0.39, 0.29) is 46.4 Å². The van der Waals surface area contributed by atoms with Gasteiger partial charge in [0, 0.05) is 18.9 Å². The van der Waals surface area contributed by atoms with E-state index in [1.807, 2.05) is 13.8 Å². The summed E-state index contributed by atoms with van der Waals surface area (Å²) in [6, 6.07) is 0. The van der Waals surface area contributed by atoms with Crippen LogP contribution in [0.1, 0.15) is 106 Å². The molecule has 0 aromatic rings. The Kier molecular flexibility index (Phi) is 8.62. The van der Waals surface area contributed by atoms with E-state index in [1.165, 1.54) is 0 Å². The smallest absolute Gasteiger partial charge is 0.136 e. The highest BCUT2D eigenvalue weighted by Gasteiger charge is 2.64. The van der Waals surface area contributed by atoms with Crippen molar-refractivity contribution < 1.29 is 34.7 Å². The lowest BCUT2D eigenvalue weighted by Crippen LogP contribution is -2.60. The van der Waals surface area contributed by atoms with Gasteiger partial charge in [0.15, 0.2) is 0 Å². The third-order valence-corrected chi connectivity index (χ3v) is 12.9. The zero-order valence-corrected chi connectivity index (χ0v) is 25.7. The molecule has 0 bridgehead atoms. The standard InChI is InChI=1S/C33H56O7/c1-18-9-7-8-14-39-30(31(3,4)40-18)29(38)28(37)19(2)21-10-11-22-20-15-25(34)24-16-26(35)27(36)17-33(24,6)23(20)12-13-32(21,22)5/h18-24,26-30,35-38H,7-17H2,1-6H3/t18?,19-,20-,21+,22-,23-,24?,26-,27+,28+,29-,30?,32+,33+/m0/s1. The SMILES string of the molecule is CC1CCCCOC([C@@H](O)[C@H](O)[C@@H](C)[C@H]2CC[C@H]3[C@@H]4CC(=O)C5C[C@H](O)[C@H](O)C[C@]5(C)[C@H]4CC[C@]23C)C(C)(C)O1. The van der Waals surface area contributed by atoms with Gasteiger partial charge in [-0.3, -0.25) is 4.79 Å². The van der Waals surface area contributed by atoms with E-state index >= 15 is 0 Å². The highest BCUT2D eigenvalue weighted by molar-refractivity contribution is 5.83. The molecule has 0 aromatic carbocycles. The van der Waals surface area contributed by atoms with Crippen LogP contribution < -0.4 is 0 Å². The summed E-state index contributed by atoms with van der Waals surface area (Å²) in [5.41, 5.74) is -1.01. The van der Waals surface area contributed by atoms with Crippen molar-refractivity contribution in [3.63, 3.8) is 0 Å². The predicted molar refractivity (Wildman–Crippen MR) is 152 cm³/mol. The molecule has 0 amide bonds. The molecule has 5 fully saturated rings. The summed E-state index contributed by atoms with van der Waals surface area (Å²) < 4.78 is 12.5. The molecule has 4 aliphatic carbocycles. The third kappa shape index (κ3) is 5.13. The summed E-state index contributed by atoms with van der Waals surface area (Å²) in [4.78, 5) is 13.5. The average Bonchev–Trinajstić information content (AvgIpc) is 3.25. The number of carbonyl (C=O) groups excluding carboxylic acids is 1. The molecule has 3 unspecified atom stereocenters. The van der Waals surface area contributed by atoms with Gasteiger partial charge in [0.25, 0.3) is 0 Å². The molecule has 5 rings (SSSR count). The fourth-order valence-electron chi connectivity index (χ4n) is 10.8. The molecule has 0 radical (unpaired) electrons. The first-order chi connectivity index (χ1) is 18.7. The Balaban J connectivity index is 1.33. The van der Waals surface area contributed by atoms with Gasteiger partial charge >= 0.3 is 0 Å². The molecular weight excluding hydrogens is 508 g/mol. The van der Waals surface area contributed by atoms with Crippen molar-refractivity contribution >= 4 is 5.78 Å². The average molecular weight is 565 g/mol. The Morgan fingerprint density at radius 2 is 1.62 bits per heavy atom. The quantitative estimate of drug-likeness (QED) is 0.403. The Labute approximate surface area is 241 Å². The zero-order valence-electron chi connectivity index (χ0n) is 25.7. The first-order valence-electron chi connectivity index (χ1n) is 16.2. The summed E-state index contributed by atoms with van der Waals surface area (Å²) in [7, 11) is 0. The summed E-state index contributed by atoms with van der Waals surface area (Å²) in [6.07, 6.45) is 4.28. The maximum absolute atomic E-state index is 13.5. The van der Waals surface area contributed by atoms with Gasteiger partial charge in [0.05, 0.1) is 30.0 Å². The van der Waals surface area contributed by atoms with Crippen molar-refractivity contribution in [3.05, 3.63) is 0 Å². The number of hydrogen-bond acceptors (Lipinski definition) is 7. The number of fused-ring (bicyclic) bond motifs is 5. The number of aliphatic hydroxyl groups is 4. The number of hydrogen-bond donors (Lipinski definition) is 4. The van der Waals surface area contributed by atoms with Crippen molar-refractivity contribution in [1.82, 2.24) is 0 Å². The molecule has 1 saturated heterocycles. The van der Waals surface area contributed by atoms with Gasteiger partial charge in [0.1, 0.15) is 18.0 Å². The van der Waals surface area contributed by atoms with Crippen LogP contribution in [-0.4, -0.2) is 75.0 Å². The minimum atomic E-state index is -1.06. The van der Waals surface area contributed by atoms with E-state index in [0.29, 0.717) is 37.7 Å². The van der Waals surface area contributed by atoms with Gasteiger partial charge in [-0.25, -0.2) is 0 Å². The van der Waals surface area contributed by atoms with Crippen LogP contribution in [0.3, 0.4) is 0 Å². The molecule has 7 heteroatoms. The summed E-state index contributed by atoms with van der Waals surface area (Å²) in [5, 5.41) is 44.2. The number of rotatable bonds is 4. The lowest BCUT2D eigenvalue weighted by Gasteiger charge is -2.61. The Hall–Kier alpha value is -0.570. The first kappa shape index (κ1) is 30.9. The van der Waals surface area contributed by atoms with Crippen LogP contribution in [0.25, 0.3) is 0 Å². The van der Waals surface area contributed by atoms with E-state index < -0.39 is 36.1 Å². The van der Waals surface area contributed by atoms with Crippen molar-refractivity contribution in [2.45, 2.75) is 148 Å². The second-order valence-electron chi connectivity index (χ2n) is 15.6. The number of carbonyl (C=O) groups is 1. The third-order valence-electron chi connectivity index (χ3n) is 12.9. The molecule has 230 valence electrons. The number of ketones is 1. The molecule has 14 atom stereocenters. The van der Waals surface area contributed by atoms with Gasteiger partial charge < -0.3 is 29.9 Å². The lowest BCUT2D eigenvalue weighted by molar-refractivity contribution is -0.204. The van der Waals surface area contributed by atoms with Crippen LogP contribution in [0.2, 0.25) is 0 Å². The molecule has 1 heterocycles. The fraction of sp³-hybridized carbons (Fsp3) is 0.970. The van der Waals surface area contributed by atoms with E-state index in [4.69, 9.17) is 9.47 Å². The number of ether oxygens (including phenoxy) is 2. The highest BCUT2D eigenvalue weighted by atomic mass is 16.6. The van der Waals surface area contributed by atoms with E-state index in [9.17, 15) is 25.2 Å². The first-order valence-corrected chi connectivity index (χ1v) is 16.2. The molecule has 4 saturated carbocycles. The van der Waals surface area contributed by atoms with Crippen molar-refractivity contribution in [2.75, 3.05) is 6.61 Å². The number of aliphatic hydroxyl groups excluding tert-OH is 4. The molecule has 1 aliphatic heterocycles. The molecule has 7 nitrogen and oxygen atoms in total. The van der Waals surface area contributed by atoms with Gasteiger partial charge in [-0.1, -0.05) is 20.8 Å². The molecule has 4 N–H and O–H groups in total. The predicted octanol–water partition coefficient (Wildman–Crippen LogP) is 4.27. The molecule has 40 heavy (non-hydrogen) atoms. The molecule has 0 aromatic heterocycles. The maximum Gasteiger partial charge on any atom is 0.136 e. The largest absolute Gasteiger partial charge is 0.390 e. The second kappa shape index (κ2) is 11.2. The minimum absolute atomic E-state index is 0.0165. The minimum Gasteiger partial charge on any atom is -0.390 e.